The first-order valence-electron chi connectivity index (χ1n) is 4.65. The third-order valence-corrected chi connectivity index (χ3v) is 2.92. The molecule has 0 aliphatic rings. The van der Waals surface area contributed by atoms with Crippen molar-refractivity contribution in [1.29, 1.82) is 10.5 Å². The van der Waals surface area contributed by atoms with Crippen molar-refractivity contribution in [2.24, 2.45) is 0 Å². The summed E-state index contributed by atoms with van der Waals surface area (Å²) < 4.78 is 0. The number of nitriles is 2. The summed E-state index contributed by atoms with van der Waals surface area (Å²) in [7, 11) is 0. The molecule has 1 heterocycles. The molecule has 0 spiro atoms. The molecule has 0 unspecified atom stereocenters. The molecular weight excluding hydrogens is 218 g/mol. The second-order valence-electron chi connectivity index (χ2n) is 3.15. The Morgan fingerprint density at radius 2 is 2.19 bits per heavy atom. The minimum atomic E-state index is 0.336. The highest BCUT2D eigenvalue weighted by Gasteiger charge is 2.04. The topological polar surface area (TPSA) is 60.5 Å². The van der Waals surface area contributed by atoms with Crippen molar-refractivity contribution in [1.82, 2.24) is 4.98 Å². The van der Waals surface area contributed by atoms with Crippen molar-refractivity contribution in [2.75, 3.05) is 0 Å². The van der Waals surface area contributed by atoms with E-state index in [1.165, 1.54) is 11.3 Å². The van der Waals surface area contributed by atoms with Gasteiger partial charge in [-0.15, -0.1) is 11.3 Å². The molecule has 76 valence electrons. The fourth-order valence-corrected chi connectivity index (χ4v) is 2.08. The van der Waals surface area contributed by atoms with Gasteiger partial charge in [0.25, 0.3) is 0 Å². The second kappa shape index (κ2) is 4.57. The average Bonchev–Trinajstić information content (AvgIpc) is 2.78. The Morgan fingerprint density at radius 1 is 1.31 bits per heavy atom. The van der Waals surface area contributed by atoms with E-state index in [9.17, 15) is 0 Å². The molecule has 2 rings (SSSR count). The standard InChI is InChI=1S/C12H7N3S/c13-5-4-12-15-11(8-16-12)10-3-1-2-9(6-10)7-14/h1-3,6,8H,4H2. The van der Waals surface area contributed by atoms with E-state index in [0.717, 1.165) is 16.3 Å². The van der Waals surface area contributed by atoms with Gasteiger partial charge in [0.1, 0.15) is 5.01 Å². The minimum absolute atomic E-state index is 0.336. The summed E-state index contributed by atoms with van der Waals surface area (Å²) in [6, 6.07) is 11.5. The molecule has 0 aliphatic carbocycles. The maximum atomic E-state index is 8.79. The van der Waals surface area contributed by atoms with Gasteiger partial charge in [0.15, 0.2) is 0 Å². The van der Waals surface area contributed by atoms with Gasteiger partial charge in [-0.25, -0.2) is 4.98 Å². The maximum Gasteiger partial charge on any atom is 0.107 e. The summed E-state index contributed by atoms with van der Waals surface area (Å²) in [6.07, 6.45) is 0.336. The van der Waals surface area contributed by atoms with E-state index < -0.39 is 0 Å². The zero-order valence-electron chi connectivity index (χ0n) is 8.34. The smallest absolute Gasteiger partial charge is 0.107 e. The molecule has 0 aliphatic heterocycles. The summed E-state index contributed by atoms with van der Waals surface area (Å²) in [5.74, 6) is 0. The van der Waals surface area contributed by atoms with E-state index >= 15 is 0 Å². The van der Waals surface area contributed by atoms with E-state index in [4.69, 9.17) is 10.5 Å². The molecule has 0 radical (unpaired) electrons. The summed E-state index contributed by atoms with van der Waals surface area (Å²) >= 11 is 1.47. The van der Waals surface area contributed by atoms with Crippen LogP contribution < -0.4 is 0 Å². The van der Waals surface area contributed by atoms with Crippen molar-refractivity contribution < 1.29 is 0 Å². The summed E-state index contributed by atoms with van der Waals surface area (Å²) in [5, 5.41) is 20.1. The van der Waals surface area contributed by atoms with Gasteiger partial charge >= 0.3 is 0 Å². The van der Waals surface area contributed by atoms with Crippen LogP contribution in [0, 0.1) is 22.7 Å². The predicted molar refractivity (Wildman–Crippen MR) is 61.6 cm³/mol. The Labute approximate surface area is 97.2 Å². The largest absolute Gasteiger partial charge is 0.240 e. The highest BCUT2D eigenvalue weighted by Crippen LogP contribution is 2.22. The van der Waals surface area contributed by atoms with Crippen LogP contribution in [-0.2, 0) is 6.42 Å². The fourth-order valence-electron chi connectivity index (χ4n) is 1.34. The molecule has 1 aromatic heterocycles. The van der Waals surface area contributed by atoms with Gasteiger partial charge in [0.2, 0.25) is 0 Å². The van der Waals surface area contributed by atoms with Gasteiger partial charge in [-0.05, 0) is 12.1 Å². The Hall–Kier alpha value is -2.17. The Kier molecular flexibility index (Phi) is 2.95. The Morgan fingerprint density at radius 3 is 2.94 bits per heavy atom. The van der Waals surface area contributed by atoms with E-state index in [0.29, 0.717) is 12.0 Å². The van der Waals surface area contributed by atoms with E-state index in [-0.39, 0.29) is 0 Å². The van der Waals surface area contributed by atoms with Crippen LogP contribution >= 0.6 is 11.3 Å². The zero-order valence-corrected chi connectivity index (χ0v) is 9.16. The molecule has 1 aromatic carbocycles. The maximum absolute atomic E-state index is 8.79. The Bertz CT molecular complexity index is 587. The molecule has 0 saturated carbocycles. The molecule has 0 amide bonds. The lowest BCUT2D eigenvalue weighted by atomic mass is 10.1. The molecule has 0 fully saturated rings. The number of thiazole rings is 1. The molecule has 3 nitrogen and oxygen atoms in total. The van der Waals surface area contributed by atoms with Gasteiger partial charge in [0.05, 0.1) is 29.8 Å². The van der Waals surface area contributed by atoms with E-state index in [1.54, 1.807) is 12.1 Å². The van der Waals surface area contributed by atoms with Gasteiger partial charge in [-0.2, -0.15) is 10.5 Å². The van der Waals surface area contributed by atoms with Crippen LogP contribution in [0.3, 0.4) is 0 Å². The van der Waals surface area contributed by atoms with Crippen LogP contribution in [0.15, 0.2) is 29.6 Å². The number of aromatic nitrogens is 1. The normalized spacial score (nSPS) is 9.38. The molecule has 2 aromatic rings. The first-order chi connectivity index (χ1) is 7.83. The molecule has 0 bridgehead atoms. The second-order valence-corrected chi connectivity index (χ2v) is 4.10. The van der Waals surface area contributed by atoms with Crippen molar-refractivity contribution >= 4 is 11.3 Å². The van der Waals surface area contributed by atoms with E-state index in [1.807, 2.05) is 17.5 Å². The van der Waals surface area contributed by atoms with Crippen LogP contribution in [0.2, 0.25) is 0 Å². The highest BCUT2D eigenvalue weighted by atomic mass is 32.1. The quantitative estimate of drug-likeness (QED) is 0.789. The monoisotopic (exact) mass is 225 g/mol. The average molecular weight is 225 g/mol. The van der Waals surface area contributed by atoms with Gasteiger partial charge in [0, 0.05) is 10.9 Å². The van der Waals surface area contributed by atoms with Gasteiger partial charge in [-0.1, -0.05) is 12.1 Å². The molecule has 0 N–H and O–H groups in total. The summed E-state index contributed by atoms with van der Waals surface area (Å²) in [6.45, 7) is 0. The number of benzene rings is 1. The molecule has 0 atom stereocenters. The SMILES string of the molecule is N#CCc1nc(-c2cccc(C#N)c2)cs1. The predicted octanol–water partition coefficient (Wildman–Crippen LogP) is 2.75. The lowest BCUT2D eigenvalue weighted by Crippen LogP contribution is -1.82. The van der Waals surface area contributed by atoms with Crippen molar-refractivity contribution in [2.45, 2.75) is 6.42 Å². The molecular formula is C12H7N3S. The van der Waals surface area contributed by atoms with Crippen LogP contribution in [0.1, 0.15) is 10.6 Å². The van der Waals surface area contributed by atoms with Gasteiger partial charge < -0.3 is 0 Å². The zero-order chi connectivity index (χ0) is 11.4. The first kappa shape index (κ1) is 10.4. The van der Waals surface area contributed by atoms with Crippen molar-refractivity contribution in [3.63, 3.8) is 0 Å². The van der Waals surface area contributed by atoms with Crippen LogP contribution in [0.4, 0.5) is 0 Å². The van der Waals surface area contributed by atoms with Crippen LogP contribution in [0.5, 0.6) is 0 Å². The fraction of sp³-hybridized carbons (Fsp3) is 0.0833. The lowest BCUT2D eigenvalue weighted by Gasteiger charge is -1.96. The number of hydrogen-bond acceptors (Lipinski definition) is 4. The van der Waals surface area contributed by atoms with Gasteiger partial charge in [-0.3, -0.25) is 0 Å². The van der Waals surface area contributed by atoms with E-state index in [2.05, 4.69) is 17.1 Å². The highest BCUT2D eigenvalue weighted by molar-refractivity contribution is 7.10. The number of nitrogens with zero attached hydrogens (tertiary/aromatic N) is 3. The summed E-state index contributed by atoms with van der Waals surface area (Å²) in [4.78, 5) is 4.33. The molecule has 0 saturated heterocycles. The first-order valence-corrected chi connectivity index (χ1v) is 5.53. The number of hydrogen-bond donors (Lipinski definition) is 0. The molecule has 4 heteroatoms. The van der Waals surface area contributed by atoms with Crippen molar-refractivity contribution in [3.8, 4) is 23.4 Å². The van der Waals surface area contributed by atoms with Crippen LogP contribution in [0.25, 0.3) is 11.3 Å². The third kappa shape index (κ3) is 2.08. The molecule has 16 heavy (non-hydrogen) atoms. The summed E-state index contributed by atoms with van der Waals surface area (Å²) in [5.41, 5.74) is 2.36. The minimum Gasteiger partial charge on any atom is -0.240 e. The lowest BCUT2D eigenvalue weighted by molar-refractivity contribution is 1.19. The Balaban J connectivity index is 2.36. The third-order valence-electron chi connectivity index (χ3n) is 2.07. The van der Waals surface area contributed by atoms with Crippen molar-refractivity contribution in [3.05, 3.63) is 40.2 Å². The van der Waals surface area contributed by atoms with Crippen LogP contribution in [-0.4, -0.2) is 4.98 Å². The number of rotatable bonds is 2.